The van der Waals surface area contributed by atoms with Gasteiger partial charge in [0.2, 0.25) is 0 Å². The van der Waals surface area contributed by atoms with E-state index in [1.54, 1.807) is 43.6 Å². The zero-order valence-electron chi connectivity index (χ0n) is 27.3. The molecule has 0 saturated carbocycles. The highest BCUT2D eigenvalue weighted by Crippen LogP contribution is 2.40. The van der Waals surface area contributed by atoms with Crippen molar-refractivity contribution in [3.63, 3.8) is 0 Å². The molecule has 0 radical (unpaired) electrons. The zero-order valence-corrected chi connectivity index (χ0v) is 28.1. The van der Waals surface area contributed by atoms with Crippen molar-refractivity contribution in [3.05, 3.63) is 84.1 Å². The lowest BCUT2D eigenvalue weighted by atomic mass is 10.1. The van der Waals surface area contributed by atoms with E-state index in [2.05, 4.69) is 32.5 Å². The minimum atomic E-state index is -1.04. The molecule has 6 rings (SSSR count). The van der Waals surface area contributed by atoms with E-state index in [4.69, 9.17) is 14.2 Å². The number of pyridine rings is 1. The Morgan fingerprint density at radius 3 is 2.43 bits per heavy atom. The van der Waals surface area contributed by atoms with E-state index >= 15 is 0 Å². The van der Waals surface area contributed by atoms with Crippen molar-refractivity contribution in [1.82, 2.24) is 25.2 Å². The van der Waals surface area contributed by atoms with Crippen LogP contribution in [0.1, 0.15) is 24.3 Å². The number of ether oxygens (including phenoxy) is 3. The summed E-state index contributed by atoms with van der Waals surface area (Å²) in [6, 6.07) is 14.8. The summed E-state index contributed by atoms with van der Waals surface area (Å²) in [4.78, 5) is 34.7. The first kappa shape index (κ1) is 34.2. The summed E-state index contributed by atoms with van der Waals surface area (Å²) in [7, 11) is 1.59. The van der Waals surface area contributed by atoms with Crippen LogP contribution in [0.25, 0.3) is 10.9 Å². The van der Waals surface area contributed by atoms with Crippen LogP contribution in [0.3, 0.4) is 0 Å². The molecule has 2 aliphatic heterocycles. The average Bonchev–Trinajstić information content (AvgIpc) is 3.46. The van der Waals surface area contributed by atoms with Crippen molar-refractivity contribution in [2.45, 2.75) is 18.7 Å². The number of hydrogen-bond acceptors (Lipinski definition) is 9. The number of rotatable bonds is 12. The number of amides is 3. The van der Waals surface area contributed by atoms with Crippen LogP contribution in [0, 0.1) is 11.6 Å². The third-order valence-corrected chi connectivity index (χ3v) is 9.63. The average molecular weight is 693 g/mol. The Labute approximate surface area is 287 Å². The lowest BCUT2D eigenvalue weighted by molar-refractivity contribution is -0.130. The van der Waals surface area contributed by atoms with Crippen LogP contribution < -0.4 is 25.0 Å². The molecule has 2 aliphatic rings. The fourth-order valence-corrected chi connectivity index (χ4v) is 6.95. The number of piperazine rings is 1. The number of anilines is 1. The lowest BCUT2D eigenvalue weighted by Gasteiger charge is -2.33. The number of nitrogens with one attached hydrogen (secondary N) is 2. The summed E-state index contributed by atoms with van der Waals surface area (Å²) in [5, 5.41) is 3.27. The molecule has 2 N–H and O–H groups in total. The maximum atomic E-state index is 14.4. The lowest BCUT2D eigenvalue weighted by Crippen LogP contribution is -2.46. The molecule has 3 amide bonds. The second-order valence-corrected chi connectivity index (χ2v) is 12.6. The molecule has 2 fully saturated rings. The predicted octanol–water partition coefficient (Wildman–Crippen LogP) is 6.03. The van der Waals surface area contributed by atoms with E-state index in [0.29, 0.717) is 40.8 Å². The number of nitrogens with zero attached hydrogens (tertiary/aromatic N) is 4. The summed E-state index contributed by atoms with van der Waals surface area (Å²) in [6.07, 6.45) is 2.56. The van der Waals surface area contributed by atoms with Gasteiger partial charge in [-0.05, 0) is 61.5 Å². The van der Waals surface area contributed by atoms with Gasteiger partial charge in [0.15, 0.2) is 11.5 Å². The number of fused-ring (bicyclic) bond motifs is 1. The Morgan fingerprint density at radius 2 is 1.71 bits per heavy atom. The van der Waals surface area contributed by atoms with E-state index in [1.165, 1.54) is 6.07 Å². The van der Waals surface area contributed by atoms with Crippen LogP contribution in [0.5, 0.6) is 23.0 Å². The standard InChI is InChI=1S/C35H38F2N6O5S/c1-3-41-15-17-42(18-16-41)14-5-19-47-31-21-28-25(20-30(31)46-2)29(12-13-38-28)48-24-10-8-23(9-11-24)39-35(45)40-43-32(44)22-49-34(43)33-26(36)6-4-7-27(33)37/h4,6-13,20-21,34H,3,5,14-19,22H2,1-2H3,(H2,39,40,45). The molecule has 0 aliphatic carbocycles. The molecular weight excluding hydrogens is 654 g/mol. The number of benzene rings is 3. The summed E-state index contributed by atoms with van der Waals surface area (Å²) in [6.45, 7) is 9.21. The van der Waals surface area contributed by atoms with Crippen LogP contribution >= 0.6 is 11.8 Å². The molecule has 1 atom stereocenters. The van der Waals surface area contributed by atoms with E-state index in [-0.39, 0.29) is 11.3 Å². The SMILES string of the molecule is CCN1CCN(CCCOc2cc3nccc(Oc4ccc(NC(=O)NN5C(=O)CSC5c5c(F)cccc5F)cc4)c3cc2OC)CC1. The molecule has 1 unspecified atom stereocenters. The first-order chi connectivity index (χ1) is 23.8. The van der Waals surface area contributed by atoms with Gasteiger partial charge in [0.1, 0.15) is 28.5 Å². The Kier molecular flexibility index (Phi) is 11.0. The molecule has 1 aromatic heterocycles. The third kappa shape index (κ3) is 8.15. The van der Waals surface area contributed by atoms with Crippen LogP contribution in [0.4, 0.5) is 19.3 Å². The van der Waals surface area contributed by atoms with Crippen LogP contribution in [0.2, 0.25) is 0 Å². The molecule has 4 aromatic rings. The molecule has 3 aromatic carbocycles. The van der Waals surface area contributed by atoms with Gasteiger partial charge in [-0.3, -0.25) is 9.78 Å². The van der Waals surface area contributed by atoms with Crippen LogP contribution in [-0.2, 0) is 4.79 Å². The minimum absolute atomic E-state index is 0.0358. The number of methoxy groups -OCH3 is 1. The molecule has 2 saturated heterocycles. The van der Waals surface area contributed by atoms with Crippen LogP contribution in [-0.4, -0.2) is 90.5 Å². The number of carbonyl (C=O) groups is 2. The van der Waals surface area contributed by atoms with E-state index in [0.717, 1.165) is 80.0 Å². The van der Waals surface area contributed by atoms with Gasteiger partial charge in [0.25, 0.3) is 5.91 Å². The molecule has 0 spiro atoms. The molecule has 14 heteroatoms. The molecule has 0 bridgehead atoms. The van der Waals surface area contributed by atoms with Gasteiger partial charge < -0.3 is 29.3 Å². The topological polar surface area (TPSA) is 109 Å². The van der Waals surface area contributed by atoms with Crippen molar-refractivity contribution >= 4 is 40.3 Å². The minimum Gasteiger partial charge on any atom is -0.493 e. The number of carbonyl (C=O) groups excluding carboxylic acids is 2. The summed E-state index contributed by atoms with van der Waals surface area (Å²) in [5.74, 6) is 0.124. The van der Waals surface area contributed by atoms with Crippen molar-refractivity contribution in [2.24, 2.45) is 0 Å². The largest absolute Gasteiger partial charge is 0.493 e. The maximum absolute atomic E-state index is 14.4. The smallest absolute Gasteiger partial charge is 0.338 e. The highest BCUT2D eigenvalue weighted by atomic mass is 32.2. The summed E-state index contributed by atoms with van der Waals surface area (Å²) in [5.41, 5.74) is 3.21. The number of aromatic nitrogens is 1. The Bertz CT molecular complexity index is 1770. The molecule has 258 valence electrons. The van der Waals surface area contributed by atoms with Gasteiger partial charge in [0, 0.05) is 56.1 Å². The van der Waals surface area contributed by atoms with Crippen molar-refractivity contribution in [1.29, 1.82) is 0 Å². The van der Waals surface area contributed by atoms with Gasteiger partial charge >= 0.3 is 6.03 Å². The second kappa shape index (κ2) is 15.7. The van der Waals surface area contributed by atoms with E-state index < -0.39 is 28.9 Å². The Hall–Kier alpha value is -4.66. The van der Waals surface area contributed by atoms with Gasteiger partial charge in [-0.25, -0.2) is 24.0 Å². The fourth-order valence-electron chi connectivity index (χ4n) is 5.80. The highest BCUT2D eigenvalue weighted by Gasteiger charge is 2.37. The number of likely N-dealkylation sites (N-methyl/N-ethyl adjacent to an activating group) is 1. The monoisotopic (exact) mass is 692 g/mol. The van der Waals surface area contributed by atoms with Gasteiger partial charge in [0.05, 0.1) is 30.5 Å². The van der Waals surface area contributed by atoms with Gasteiger partial charge in [-0.2, -0.15) is 0 Å². The number of halogens is 2. The zero-order chi connectivity index (χ0) is 34.3. The normalized spacial score (nSPS) is 16.9. The molecule has 49 heavy (non-hydrogen) atoms. The fraction of sp³-hybridized carbons (Fsp3) is 0.343. The van der Waals surface area contributed by atoms with Gasteiger partial charge in [-0.1, -0.05) is 13.0 Å². The number of urea groups is 1. The van der Waals surface area contributed by atoms with Crippen molar-refractivity contribution < 1.29 is 32.6 Å². The number of hydrazine groups is 1. The number of hydrogen-bond donors (Lipinski definition) is 2. The Morgan fingerprint density at radius 1 is 0.980 bits per heavy atom. The third-order valence-electron chi connectivity index (χ3n) is 8.45. The van der Waals surface area contributed by atoms with Crippen molar-refractivity contribution in [3.8, 4) is 23.0 Å². The predicted molar refractivity (Wildman–Crippen MR) is 184 cm³/mol. The molecule has 3 heterocycles. The van der Waals surface area contributed by atoms with E-state index in [9.17, 15) is 18.4 Å². The van der Waals surface area contributed by atoms with Crippen molar-refractivity contribution in [2.75, 3.05) is 64.1 Å². The first-order valence-electron chi connectivity index (χ1n) is 16.1. The molecule has 11 nitrogen and oxygen atoms in total. The maximum Gasteiger partial charge on any atom is 0.338 e. The highest BCUT2D eigenvalue weighted by molar-refractivity contribution is 8.00. The summed E-state index contributed by atoms with van der Waals surface area (Å²) < 4.78 is 46.8. The van der Waals surface area contributed by atoms with Gasteiger partial charge in [-0.15, -0.1) is 11.8 Å². The van der Waals surface area contributed by atoms with Crippen LogP contribution in [0.15, 0.2) is 66.9 Å². The first-order valence-corrected chi connectivity index (χ1v) is 17.1. The molecular formula is C35H38F2N6O5S. The second-order valence-electron chi connectivity index (χ2n) is 11.6. The quantitative estimate of drug-likeness (QED) is 0.172. The Balaban J connectivity index is 1.05. The number of thioether (sulfide) groups is 1. The van der Waals surface area contributed by atoms with E-state index in [1.807, 2.05) is 12.1 Å². The summed E-state index contributed by atoms with van der Waals surface area (Å²) >= 11 is 1.02.